The van der Waals surface area contributed by atoms with Crippen LogP contribution < -0.4 is 10.6 Å². The average Bonchev–Trinajstić information content (AvgIpc) is 2.47. The molecule has 1 heterocycles. The third-order valence-corrected chi connectivity index (χ3v) is 2.97. The highest BCUT2D eigenvalue weighted by atomic mass is 19.1. The molecule has 2 N–H and O–H groups in total. The van der Waals surface area contributed by atoms with Gasteiger partial charge in [0, 0.05) is 24.7 Å². The Hall–Kier alpha value is -2.83. The van der Waals surface area contributed by atoms with Gasteiger partial charge in [-0.1, -0.05) is 6.07 Å². The highest BCUT2D eigenvalue weighted by Gasteiger charge is 2.12. The normalized spacial score (nSPS) is 10.2. The summed E-state index contributed by atoms with van der Waals surface area (Å²) >= 11 is 0. The lowest BCUT2D eigenvalue weighted by Crippen LogP contribution is -2.28. The van der Waals surface area contributed by atoms with Crippen molar-refractivity contribution in [3.63, 3.8) is 0 Å². The van der Waals surface area contributed by atoms with Crippen LogP contribution in [-0.4, -0.2) is 23.3 Å². The van der Waals surface area contributed by atoms with Crippen LogP contribution in [0.3, 0.4) is 0 Å². The predicted octanol–water partition coefficient (Wildman–Crippen LogP) is 2.43. The van der Waals surface area contributed by atoms with E-state index in [1.54, 1.807) is 25.1 Å². The van der Waals surface area contributed by atoms with Crippen LogP contribution >= 0.6 is 0 Å². The number of nitrogens with zero attached hydrogens (tertiary/aromatic N) is 1. The summed E-state index contributed by atoms with van der Waals surface area (Å²) in [6.45, 7) is 1.82. The van der Waals surface area contributed by atoms with Gasteiger partial charge in [-0.05, 0) is 31.2 Å². The maximum absolute atomic E-state index is 13.4. The predicted molar refractivity (Wildman–Crippen MR) is 80.9 cm³/mol. The van der Waals surface area contributed by atoms with Gasteiger partial charge in [0.1, 0.15) is 17.5 Å². The molecule has 0 bridgehead atoms. The van der Waals surface area contributed by atoms with Gasteiger partial charge < -0.3 is 10.6 Å². The van der Waals surface area contributed by atoms with E-state index < -0.39 is 17.5 Å². The minimum atomic E-state index is -0.948. The molecule has 0 atom stereocenters. The number of rotatable bonds is 5. The molecule has 1 aromatic heterocycles. The van der Waals surface area contributed by atoms with E-state index in [2.05, 4.69) is 15.6 Å². The highest BCUT2D eigenvalue weighted by Crippen LogP contribution is 2.09. The van der Waals surface area contributed by atoms with Crippen molar-refractivity contribution in [2.45, 2.75) is 13.3 Å². The molecule has 0 radical (unpaired) electrons. The van der Waals surface area contributed by atoms with E-state index in [1.807, 2.05) is 0 Å². The molecule has 0 fully saturated rings. The Bertz CT molecular complexity index is 735. The van der Waals surface area contributed by atoms with Crippen LogP contribution in [0, 0.1) is 18.6 Å². The smallest absolute Gasteiger partial charge is 0.254 e. The number of carbonyl (C=O) groups excluding carboxylic acids is 2. The van der Waals surface area contributed by atoms with Crippen LogP contribution in [-0.2, 0) is 4.79 Å². The number of carbonyl (C=O) groups is 2. The molecule has 0 aliphatic carbocycles. The number of halogens is 2. The summed E-state index contributed by atoms with van der Waals surface area (Å²) in [5, 5.41) is 4.99. The third kappa shape index (κ3) is 4.84. The Labute approximate surface area is 131 Å². The molecule has 0 aliphatic heterocycles. The Balaban J connectivity index is 1.82. The SMILES string of the molecule is Cc1cccc(NC(=O)CCNC(=O)c2ccc(F)cc2F)n1. The Kier molecular flexibility index (Phi) is 5.35. The average molecular weight is 319 g/mol. The number of aryl methyl sites for hydroxylation is 1. The summed E-state index contributed by atoms with van der Waals surface area (Å²) in [7, 11) is 0. The molecule has 1 aromatic carbocycles. The Morgan fingerprint density at radius 3 is 2.65 bits per heavy atom. The number of hydrogen-bond donors (Lipinski definition) is 2. The number of nitrogens with one attached hydrogen (secondary N) is 2. The summed E-state index contributed by atoms with van der Waals surface area (Å²) in [5.41, 5.74) is 0.495. The van der Waals surface area contributed by atoms with Crippen molar-refractivity contribution in [1.82, 2.24) is 10.3 Å². The fraction of sp³-hybridized carbons (Fsp3) is 0.188. The standard InChI is InChI=1S/C16H15F2N3O2/c1-10-3-2-4-14(20-10)21-15(22)7-8-19-16(23)12-6-5-11(17)9-13(12)18/h2-6,9H,7-8H2,1H3,(H,19,23)(H,20,21,22). The number of anilines is 1. The minimum absolute atomic E-state index is 0.00414. The van der Waals surface area contributed by atoms with E-state index in [4.69, 9.17) is 0 Å². The molecule has 0 saturated carbocycles. The summed E-state index contributed by atoms with van der Waals surface area (Å²) in [5.74, 6) is -2.32. The largest absolute Gasteiger partial charge is 0.351 e. The van der Waals surface area contributed by atoms with Crippen molar-refractivity contribution in [2.24, 2.45) is 0 Å². The lowest BCUT2D eigenvalue weighted by molar-refractivity contribution is -0.116. The van der Waals surface area contributed by atoms with Crippen molar-refractivity contribution < 1.29 is 18.4 Å². The van der Waals surface area contributed by atoms with Gasteiger partial charge in [0.15, 0.2) is 0 Å². The van der Waals surface area contributed by atoms with Crippen LogP contribution in [0.1, 0.15) is 22.5 Å². The quantitative estimate of drug-likeness (QED) is 0.889. The monoisotopic (exact) mass is 319 g/mol. The second-order valence-electron chi connectivity index (χ2n) is 4.84. The van der Waals surface area contributed by atoms with E-state index >= 15 is 0 Å². The Morgan fingerprint density at radius 2 is 1.96 bits per heavy atom. The van der Waals surface area contributed by atoms with Gasteiger partial charge in [-0.15, -0.1) is 0 Å². The van der Waals surface area contributed by atoms with Gasteiger partial charge in [0.2, 0.25) is 5.91 Å². The topological polar surface area (TPSA) is 71.1 Å². The molecular formula is C16H15F2N3O2. The summed E-state index contributed by atoms with van der Waals surface area (Å²) in [4.78, 5) is 27.6. The molecule has 5 nitrogen and oxygen atoms in total. The fourth-order valence-electron chi connectivity index (χ4n) is 1.88. The zero-order valence-corrected chi connectivity index (χ0v) is 12.4. The highest BCUT2D eigenvalue weighted by molar-refractivity contribution is 5.95. The van der Waals surface area contributed by atoms with Gasteiger partial charge >= 0.3 is 0 Å². The summed E-state index contributed by atoms with van der Waals surface area (Å²) < 4.78 is 26.2. The van der Waals surface area contributed by atoms with Gasteiger partial charge in [-0.2, -0.15) is 0 Å². The van der Waals surface area contributed by atoms with Gasteiger partial charge in [0.25, 0.3) is 5.91 Å². The lowest BCUT2D eigenvalue weighted by Gasteiger charge is -2.07. The van der Waals surface area contributed by atoms with Crippen LogP contribution in [0.2, 0.25) is 0 Å². The fourth-order valence-corrected chi connectivity index (χ4v) is 1.88. The zero-order valence-electron chi connectivity index (χ0n) is 12.4. The molecule has 0 saturated heterocycles. The molecule has 2 amide bonds. The van der Waals surface area contributed by atoms with Crippen LogP contribution in [0.4, 0.5) is 14.6 Å². The third-order valence-electron chi connectivity index (χ3n) is 2.97. The first-order chi connectivity index (χ1) is 11.0. The second-order valence-corrected chi connectivity index (χ2v) is 4.84. The minimum Gasteiger partial charge on any atom is -0.351 e. The van der Waals surface area contributed by atoms with Crippen LogP contribution in [0.5, 0.6) is 0 Å². The number of pyridine rings is 1. The van der Waals surface area contributed by atoms with Crippen molar-refractivity contribution in [3.8, 4) is 0 Å². The second kappa shape index (κ2) is 7.44. The van der Waals surface area contributed by atoms with Crippen LogP contribution in [0.15, 0.2) is 36.4 Å². The van der Waals surface area contributed by atoms with Crippen molar-refractivity contribution in [3.05, 3.63) is 59.3 Å². The van der Waals surface area contributed by atoms with Gasteiger partial charge in [-0.3, -0.25) is 9.59 Å². The van der Waals surface area contributed by atoms with E-state index in [9.17, 15) is 18.4 Å². The number of benzene rings is 1. The maximum Gasteiger partial charge on any atom is 0.254 e. The zero-order chi connectivity index (χ0) is 16.8. The maximum atomic E-state index is 13.4. The van der Waals surface area contributed by atoms with Crippen molar-refractivity contribution in [2.75, 3.05) is 11.9 Å². The first-order valence-corrected chi connectivity index (χ1v) is 6.92. The van der Waals surface area contributed by atoms with Gasteiger partial charge in [0.05, 0.1) is 5.56 Å². The van der Waals surface area contributed by atoms with E-state index in [0.717, 1.165) is 17.8 Å². The molecule has 0 unspecified atom stereocenters. The van der Waals surface area contributed by atoms with Crippen molar-refractivity contribution in [1.29, 1.82) is 0 Å². The molecule has 23 heavy (non-hydrogen) atoms. The Morgan fingerprint density at radius 1 is 1.17 bits per heavy atom. The molecule has 0 aliphatic rings. The lowest BCUT2D eigenvalue weighted by atomic mass is 10.2. The number of amides is 2. The molecule has 2 rings (SSSR count). The van der Waals surface area contributed by atoms with E-state index in [1.165, 1.54) is 0 Å². The molecule has 2 aromatic rings. The van der Waals surface area contributed by atoms with Crippen LogP contribution in [0.25, 0.3) is 0 Å². The molecule has 7 heteroatoms. The molecule has 120 valence electrons. The van der Waals surface area contributed by atoms with Crippen molar-refractivity contribution >= 4 is 17.6 Å². The molecule has 0 spiro atoms. The van der Waals surface area contributed by atoms with E-state index in [0.29, 0.717) is 11.9 Å². The number of hydrogen-bond acceptors (Lipinski definition) is 3. The number of aromatic nitrogens is 1. The van der Waals surface area contributed by atoms with E-state index in [-0.39, 0.29) is 24.4 Å². The first-order valence-electron chi connectivity index (χ1n) is 6.92. The summed E-state index contributed by atoms with van der Waals surface area (Å²) in [6.07, 6.45) is 0.00414. The summed E-state index contributed by atoms with van der Waals surface area (Å²) in [6, 6.07) is 7.89. The first kappa shape index (κ1) is 16.5. The molecular weight excluding hydrogens is 304 g/mol. The van der Waals surface area contributed by atoms with Gasteiger partial charge in [-0.25, -0.2) is 13.8 Å².